The van der Waals surface area contributed by atoms with Crippen LogP contribution in [0.1, 0.15) is 70.3 Å². The Morgan fingerprint density at radius 1 is 1.10 bits per heavy atom. The molecular weight excluding hydrogens is 393 g/mol. The van der Waals surface area contributed by atoms with Crippen LogP contribution in [0.4, 0.5) is 4.79 Å². The Kier molecular flexibility index (Phi) is 11.5. The van der Waals surface area contributed by atoms with Crippen LogP contribution in [0.25, 0.3) is 0 Å². The molecule has 1 aliphatic heterocycles. The van der Waals surface area contributed by atoms with Crippen LogP contribution < -0.4 is 5.32 Å². The minimum atomic E-state index is -1.60. The number of likely N-dealkylation sites (tertiary alicyclic amines) is 1. The quantitative estimate of drug-likeness (QED) is 0.331. The van der Waals surface area contributed by atoms with Crippen LogP contribution >= 0.6 is 0 Å². The summed E-state index contributed by atoms with van der Waals surface area (Å²) in [6, 6.07) is 9.26. The van der Waals surface area contributed by atoms with Crippen LogP contribution in [0.5, 0.6) is 0 Å². The molecule has 0 bridgehead atoms. The van der Waals surface area contributed by atoms with Crippen LogP contribution in [0.15, 0.2) is 30.3 Å². The molecule has 3 amide bonds. The van der Waals surface area contributed by atoms with Gasteiger partial charge in [0, 0.05) is 19.6 Å². The number of hydrogen-bond acceptors (Lipinski definition) is 4. The van der Waals surface area contributed by atoms with Gasteiger partial charge in [-0.15, -0.1) is 0 Å². The highest BCUT2D eigenvalue weighted by atomic mass is 16.4. The largest absolute Gasteiger partial charge is 0.472 e. The second-order valence-electron chi connectivity index (χ2n) is 8.39. The van der Waals surface area contributed by atoms with E-state index in [1.54, 1.807) is 4.90 Å². The zero-order valence-electron chi connectivity index (χ0n) is 18.8. The Morgan fingerprint density at radius 2 is 1.77 bits per heavy atom. The van der Waals surface area contributed by atoms with Crippen molar-refractivity contribution in [3.63, 3.8) is 0 Å². The predicted octanol–water partition coefficient (Wildman–Crippen LogP) is 2.95. The predicted molar refractivity (Wildman–Crippen MR) is 123 cm³/mol. The lowest BCUT2D eigenvalue weighted by Gasteiger charge is -2.31. The summed E-state index contributed by atoms with van der Waals surface area (Å²) in [5, 5.41) is 20.5. The van der Waals surface area contributed by atoms with E-state index in [-0.39, 0.29) is 18.4 Å². The fourth-order valence-corrected chi connectivity index (χ4v) is 4.07. The molecule has 1 aliphatic rings. The van der Waals surface area contributed by atoms with E-state index in [0.717, 1.165) is 24.8 Å². The van der Waals surface area contributed by atoms with Crippen LogP contribution in [0, 0.1) is 0 Å². The lowest BCUT2D eigenvalue weighted by atomic mass is 9.92. The van der Waals surface area contributed by atoms with Gasteiger partial charge < -0.3 is 25.2 Å². The Hall–Kier alpha value is -2.06. The summed E-state index contributed by atoms with van der Waals surface area (Å²) < 4.78 is 0. The number of benzene rings is 1. The molecule has 0 radical (unpaired) electrons. The number of rotatable bonds is 13. The molecule has 8 heteroatoms. The summed E-state index contributed by atoms with van der Waals surface area (Å²) in [6.45, 7) is 3.95. The van der Waals surface area contributed by atoms with Gasteiger partial charge in [0.25, 0.3) is 0 Å². The first-order valence-corrected chi connectivity index (χ1v) is 11.8. The first-order chi connectivity index (χ1) is 15.0. The summed E-state index contributed by atoms with van der Waals surface area (Å²) in [5.41, 5.74) is 1.07. The van der Waals surface area contributed by atoms with Gasteiger partial charge in [-0.05, 0) is 24.8 Å². The molecule has 31 heavy (non-hydrogen) atoms. The third kappa shape index (κ3) is 8.91. The van der Waals surface area contributed by atoms with Crippen molar-refractivity contribution in [1.82, 2.24) is 15.1 Å². The molecular formula is C23H38BN3O4. The normalized spacial score (nSPS) is 15.7. The van der Waals surface area contributed by atoms with Crippen LogP contribution in [0.3, 0.4) is 0 Å². The van der Waals surface area contributed by atoms with Gasteiger partial charge in [-0.3, -0.25) is 4.79 Å². The average molecular weight is 431 g/mol. The summed E-state index contributed by atoms with van der Waals surface area (Å²) >= 11 is 0. The van der Waals surface area contributed by atoms with Crippen LogP contribution in [-0.2, 0) is 11.3 Å². The minimum Gasteiger partial charge on any atom is -0.426 e. The third-order valence-corrected chi connectivity index (χ3v) is 5.78. The van der Waals surface area contributed by atoms with Gasteiger partial charge in [0.2, 0.25) is 5.91 Å². The molecule has 1 atom stereocenters. The highest BCUT2D eigenvalue weighted by Gasteiger charge is 2.36. The second-order valence-corrected chi connectivity index (χ2v) is 8.39. The average Bonchev–Trinajstić information content (AvgIpc) is 3.26. The summed E-state index contributed by atoms with van der Waals surface area (Å²) in [7, 11) is -1.60. The standard InChI is InChI=1S/C23H38BN3O4/c1-2-3-4-5-6-7-11-16-26(18-20-13-9-8-10-14-20)23(29)27-17-12-15-21(27)22(28)25-19-24(30)31/h8-10,13-14,21,30-31H,2-7,11-12,15-19H2,1H3,(H,25,28). The fourth-order valence-electron chi connectivity index (χ4n) is 4.07. The number of nitrogens with one attached hydrogen (secondary N) is 1. The van der Waals surface area contributed by atoms with Crippen molar-refractivity contribution >= 4 is 19.1 Å². The number of carbonyl (C=O) groups is 2. The van der Waals surface area contributed by atoms with Crippen molar-refractivity contribution in [2.45, 2.75) is 77.3 Å². The van der Waals surface area contributed by atoms with Gasteiger partial charge in [-0.25, -0.2) is 4.79 Å². The molecule has 0 aliphatic carbocycles. The monoisotopic (exact) mass is 431 g/mol. The van der Waals surface area contributed by atoms with E-state index in [4.69, 9.17) is 10.0 Å². The van der Waals surface area contributed by atoms with Crippen LogP contribution in [-0.4, -0.2) is 64.5 Å². The van der Waals surface area contributed by atoms with E-state index in [1.807, 2.05) is 35.2 Å². The van der Waals surface area contributed by atoms with Crippen LogP contribution in [0.2, 0.25) is 0 Å². The molecule has 1 fully saturated rings. The Morgan fingerprint density at radius 3 is 2.45 bits per heavy atom. The lowest BCUT2D eigenvalue weighted by Crippen LogP contribution is -2.52. The van der Waals surface area contributed by atoms with Crippen molar-refractivity contribution in [2.75, 3.05) is 19.5 Å². The number of carbonyl (C=O) groups excluding carboxylic acids is 2. The molecule has 1 aromatic rings. The minimum absolute atomic E-state index is 0.114. The molecule has 1 unspecified atom stereocenters. The number of amides is 3. The molecule has 1 heterocycles. The van der Waals surface area contributed by atoms with Gasteiger partial charge in [0.1, 0.15) is 6.04 Å². The summed E-state index contributed by atoms with van der Waals surface area (Å²) in [6.07, 6.45) is 9.40. The maximum atomic E-state index is 13.4. The molecule has 172 valence electrons. The SMILES string of the molecule is CCCCCCCCCN(Cc1ccccc1)C(=O)N1CCCC1C(=O)NCB(O)O. The van der Waals surface area contributed by atoms with E-state index in [0.29, 0.717) is 26.1 Å². The number of hydrogen-bond donors (Lipinski definition) is 3. The smallest absolute Gasteiger partial charge is 0.426 e. The van der Waals surface area contributed by atoms with Crippen molar-refractivity contribution in [1.29, 1.82) is 0 Å². The van der Waals surface area contributed by atoms with Gasteiger partial charge in [0.15, 0.2) is 0 Å². The number of urea groups is 1. The van der Waals surface area contributed by atoms with E-state index in [9.17, 15) is 9.59 Å². The van der Waals surface area contributed by atoms with Gasteiger partial charge in [-0.1, -0.05) is 75.8 Å². The second kappa shape index (κ2) is 14.1. The van der Waals surface area contributed by atoms with Crippen molar-refractivity contribution < 1.29 is 19.6 Å². The number of unbranched alkanes of at least 4 members (excludes halogenated alkanes) is 6. The van der Waals surface area contributed by atoms with Gasteiger partial charge in [-0.2, -0.15) is 0 Å². The van der Waals surface area contributed by atoms with Gasteiger partial charge >= 0.3 is 13.1 Å². The molecule has 0 saturated carbocycles. The van der Waals surface area contributed by atoms with E-state index >= 15 is 0 Å². The molecule has 1 aromatic carbocycles. The zero-order valence-corrected chi connectivity index (χ0v) is 18.8. The summed E-state index contributed by atoms with van der Waals surface area (Å²) in [5.74, 6) is -0.325. The van der Waals surface area contributed by atoms with Crippen molar-refractivity contribution in [3.8, 4) is 0 Å². The fraction of sp³-hybridized carbons (Fsp3) is 0.652. The lowest BCUT2D eigenvalue weighted by molar-refractivity contribution is -0.124. The van der Waals surface area contributed by atoms with Crippen molar-refractivity contribution in [3.05, 3.63) is 35.9 Å². The molecule has 0 aromatic heterocycles. The van der Waals surface area contributed by atoms with E-state index in [2.05, 4.69) is 12.2 Å². The first-order valence-electron chi connectivity index (χ1n) is 11.8. The molecule has 2 rings (SSSR count). The summed E-state index contributed by atoms with van der Waals surface area (Å²) in [4.78, 5) is 29.4. The Balaban J connectivity index is 1.96. The highest BCUT2D eigenvalue weighted by Crippen LogP contribution is 2.21. The molecule has 3 N–H and O–H groups in total. The van der Waals surface area contributed by atoms with Gasteiger partial charge in [0.05, 0.1) is 6.44 Å². The Labute approximate surface area is 187 Å². The van der Waals surface area contributed by atoms with E-state index in [1.165, 1.54) is 32.1 Å². The Bertz CT molecular complexity index is 659. The zero-order chi connectivity index (χ0) is 22.5. The molecule has 7 nitrogen and oxygen atoms in total. The first kappa shape index (κ1) is 25.2. The maximum absolute atomic E-state index is 13.4. The van der Waals surface area contributed by atoms with E-state index < -0.39 is 13.2 Å². The third-order valence-electron chi connectivity index (χ3n) is 5.78. The number of nitrogens with zero attached hydrogens (tertiary/aromatic N) is 2. The van der Waals surface area contributed by atoms with Crippen molar-refractivity contribution in [2.24, 2.45) is 0 Å². The highest BCUT2D eigenvalue weighted by molar-refractivity contribution is 6.41. The topological polar surface area (TPSA) is 93.1 Å². The molecule has 1 saturated heterocycles. The maximum Gasteiger partial charge on any atom is 0.472 e. The molecule has 0 spiro atoms.